The number of benzene rings is 2. The molecule has 0 radical (unpaired) electrons. The molecule has 2 aromatic carbocycles. The van der Waals surface area contributed by atoms with Crippen LogP contribution in [0.3, 0.4) is 0 Å². The van der Waals surface area contributed by atoms with E-state index in [1.807, 2.05) is 0 Å². The number of nitrogens with one attached hydrogen (secondary N) is 1. The highest BCUT2D eigenvalue weighted by molar-refractivity contribution is 9.10. The molecule has 3 rings (SSSR count). The van der Waals surface area contributed by atoms with Gasteiger partial charge >= 0.3 is 11.9 Å². The topological polar surface area (TPSA) is 122 Å². The van der Waals surface area contributed by atoms with E-state index in [1.54, 1.807) is 25.1 Å². The Morgan fingerprint density at radius 2 is 1.97 bits per heavy atom. The lowest BCUT2D eigenvalue weighted by Gasteiger charge is -2.29. The molecular weight excluding hydrogens is 516 g/mol. The lowest BCUT2D eigenvalue weighted by Crippen LogP contribution is -2.54. The van der Waals surface area contributed by atoms with Crippen LogP contribution >= 0.6 is 28.1 Å². The Bertz CT molecular complexity index is 1200. The fourth-order valence-electron chi connectivity index (χ4n) is 2.90. The van der Waals surface area contributed by atoms with E-state index in [2.05, 4.69) is 21.2 Å². The molecule has 0 atom stereocenters. The third-order valence-electron chi connectivity index (χ3n) is 4.37. The minimum atomic E-state index is -1.16. The fraction of sp³-hybridized carbons (Fsp3) is 0.136. The summed E-state index contributed by atoms with van der Waals surface area (Å²) in [7, 11) is 0. The maximum atomic E-state index is 13.1. The summed E-state index contributed by atoms with van der Waals surface area (Å²) in [6.45, 7) is 1.66. The molecule has 0 bridgehead atoms. The number of hydrogen-bond acceptors (Lipinski definition) is 7. The number of carbonyl (C=O) groups excluding carboxylic acids is 3. The molecule has 0 saturated carbocycles. The van der Waals surface area contributed by atoms with Crippen molar-refractivity contribution >= 4 is 68.8 Å². The molecule has 11 heteroatoms. The molecule has 1 heterocycles. The summed E-state index contributed by atoms with van der Waals surface area (Å²) in [6, 6.07) is 10.4. The number of carboxylic acids is 1. The number of nitrogens with zero attached hydrogens (tertiary/aromatic N) is 1. The molecule has 0 spiro atoms. The van der Waals surface area contributed by atoms with Gasteiger partial charge in [0.15, 0.2) is 11.7 Å². The van der Waals surface area contributed by atoms with Crippen LogP contribution in [0.25, 0.3) is 6.08 Å². The van der Waals surface area contributed by atoms with E-state index in [-0.39, 0.29) is 35.2 Å². The number of carbonyl (C=O) groups is 4. The Kier molecular flexibility index (Phi) is 7.56. The smallest absolute Gasteiger partial charge is 0.344 e. The number of thiocarbonyl (C=S) groups is 1. The van der Waals surface area contributed by atoms with E-state index in [0.717, 1.165) is 4.90 Å². The van der Waals surface area contributed by atoms with Crippen LogP contribution in [0.4, 0.5) is 5.69 Å². The second-order valence-corrected chi connectivity index (χ2v) is 7.84. The predicted molar refractivity (Wildman–Crippen MR) is 126 cm³/mol. The van der Waals surface area contributed by atoms with Gasteiger partial charge in [0.05, 0.1) is 22.3 Å². The Morgan fingerprint density at radius 3 is 2.64 bits per heavy atom. The van der Waals surface area contributed by atoms with Crippen LogP contribution < -0.4 is 15.0 Å². The highest BCUT2D eigenvalue weighted by Crippen LogP contribution is 2.28. The van der Waals surface area contributed by atoms with Gasteiger partial charge in [-0.2, -0.15) is 0 Å². The van der Waals surface area contributed by atoms with Gasteiger partial charge in [0.2, 0.25) is 0 Å². The lowest BCUT2D eigenvalue weighted by molar-refractivity contribution is -0.145. The van der Waals surface area contributed by atoms with Crippen molar-refractivity contribution in [2.75, 3.05) is 18.1 Å². The molecule has 2 aromatic rings. The number of esters is 1. The third-order valence-corrected chi connectivity index (χ3v) is 5.28. The second kappa shape index (κ2) is 10.4. The van der Waals surface area contributed by atoms with E-state index in [4.69, 9.17) is 21.7 Å². The summed E-state index contributed by atoms with van der Waals surface area (Å²) in [5.41, 5.74) is 0.472. The van der Waals surface area contributed by atoms with Gasteiger partial charge in [0, 0.05) is 0 Å². The first-order chi connectivity index (χ1) is 15.7. The summed E-state index contributed by atoms with van der Waals surface area (Å²) in [5.74, 6) is -2.69. The monoisotopic (exact) mass is 532 g/mol. The molecule has 2 N–H and O–H groups in total. The van der Waals surface area contributed by atoms with Crippen molar-refractivity contribution in [1.29, 1.82) is 0 Å². The summed E-state index contributed by atoms with van der Waals surface area (Å²) >= 11 is 8.47. The molecule has 33 heavy (non-hydrogen) atoms. The molecule has 0 aromatic heterocycles. The van der Waals surface area contributed by atoms with Gasteiger partial charge in [-0.3, -0.25) is 19.8 Å². The first-order valence-corrected chi connectivity index (χ1v) is 10.7. The van der Waals surface area contributed by atoms with Gasteiger partial charge in [0.1, 0.15) is 11.3 Å². The molecule has 1 saturated heterocycles. The number of carboxylic acid groups (broad SMARTS) is 1. The zero-order chi connectivity index (χ0) is 24.1. The van der Waals surface area contributed by atoms with E-state index in [1.165, 1.54) is 30.3 Å². The first-order valence-electron chi connectivity index (χ1n) is 9.54. The molecule has 1 aliphatic rings. The number of halogens is 1. The van der Waals surface area contributed by atoms with Crippen molar-refractivity contribution in [1.82, 2.24) is 5.32 Å². The SMILES string of the molecule is CCOC(=O)COc1ccc(C=C2C(=O)NC(=S)N(c3cccc(C(=O)O)c3)C2=O)cc1Br. The second-order valence-electron chi connectivity index (χ2n) is 6.60. The number of ether oxygens (including phenoxy) is 2. The van der Waals surface area contributed by atoms with Crippen molar-refractivity contribution in [2.45, 2.75) is 6.92 Å². The third kappa shape index (κ3) is 5.62. The van der Waals surface area contributed by atoms with Crippen LogP contribution in [0.15, 0.2) is 52.5 Å². The molecule has 1 aliphatic heterocycles. The van der Waals surface area contributed by atoms with Gasteiger partial charge in [0.25, 0.3) is 11.8 Å². The van der Waals surface area contributed by atoms with Gasteiger partial charge < -0.3 is 14.6 Å². The quantitative estimate of drug-likeness (QED) is 0.241. The zero-order valence-electron chi connectivity index (χ0n) is 17.2. The Hall–Kier alpha value is -3.57. The number of rotatable bonds is 7. The van der Waals surface area contributed by atoms with Crippen molar-refractivity contribution < 1.29 is 33.8 Å². The number of amides is 2. The molecule has 0 aliphatic carbocycles. The van der Waals surface area contributed by atoms with E-state index in [0.29, 0.717) is 15.8 Å². The lowest BCUT2D eigenvalue weighted by atomic mass is 10.1. The zero-order valence-corrected chi connectivity index (χ0v) is 19.6. The summed E-state index contributed by atoms with van der Waals surface area (Å²) in [6.07, 6.45) is 1.37. The highest BCUT2D eigenvalue weighted by Gasteiger charge is 2.34. The van der Waals surface area contributed by atoms with Gasteiger partial charge in [-0.05, 0) is 77.0 Å². The summed E-state index contributed by atoms with van der Waals surface area (Å²) < 4.78 is 10.7. The van der Waals surface area contributed by atoms with Crippen LogP contribution in [0.2, 0.25) is 0 Å². The van der Waals surface area contributed by atoms with Crippen molar-refractivity contribution in [3.8, 4) is 5.75 Å². The Balaban J connectivity index is 1.87. The molecule has 9 nitrogen and oxygen atoms in total. The molecule has 2 amide bonds. The summed E-state index contributed by atoms with van der Waals surface area (Å²) in [4.78, 5) is 49.4. The van der Waals surface area contributed by atoms with E-state index >= 15 is 0 Å². The minimum absolute atomic E-state index is 0.0344. The van der Waals surface area contributed by atoms with Gasteiger partial charge in [-0.15, -0.1) is 0 Å². The van der Waals surface area contributed by atoms with Crippen LogP contribution in [-0.2, 0) is 19.1 Å². The van der Waals surface area contributed by atoms with Crippen LogP contribution in [0.1, 0.15) is 22.8 Å². The van der Waals surface area contributed by atoms with Crippen molar-refractivity contribution in [2.24, 2.45) is 0 Å². The number of aromatic carboxylic acids is 1. The van der Waals surface area contributed by atoms with Crippen molar-refractivity contribution in [3.63, 3.8) is 0 Å². The maximum Gasteiger partial charge on any atom is 0.344 e. The number of anilines is 1. The molecule has 0 unspecified atom stereocenters. The van der Waals surface area contributed by atoms with Gasteiger partial charge in [-0.25, -0.2) is 9.59 Å². The fourth-order valence-corrected chi connectivity index (χ4v) is 3.69. The highest BCUT2D eigenvalue weighted by atomic mass is 79.9. The molecular formula is C22H17BrN2O7S. The normalized spacial score (nSPS) is 14.8. The average molecular weight is 533 g/mol. The Labute approximate surface area is 202 Å². The van der Waals surface area contributed by atoms with Crippen LogP contribution in [0, 0.1) is 0 Å². The van der Waals surface area contributed by atoms with Gasteiger partial charge in [-0.1, -0.05) is 12.1 Å². The minimum Gasteiger partial charge on any atom is -0.481 e. The van der Waals surface area contributed by atoms with Crippen LogP contribution in [0.5, 0.6) is 5.75 Å². The molecule has 1 fully saturated rings. The van der Waals surface area contributed by atoms with Crippen LogP contribution in [-0.4, -0.2) is 47.2 Å². The molecule has 170 valence electrons. The number of hydrogen-bond donors (Lipinski definition) is 2. The van der Waals surface area contributed by atoms with Crippen molar-refractivity contribution in [3.05, 3.63) is 63.6 Å². The predicted octanol–water partition coefficient (Wildman–Crippen LogP) is 2.92. The maximum absolute atomic E-state index is 13.1. The van der Waals surface area contributed by atoms with E-state index < -0.39 is 23.8 Å². The summed E-state index contributed by atoms with van der Waals surface area (Å²) in [5, 5.41) is 11.5. The average Bonchev–Trinajstić information content (AvgIpc) is 2.76. The first kappa shape index (κ1) is 24.1. The largest absolute Gasteiger partial charge is 0.481 e. The van der Waals surface area contributed by atoms with E-state index in [9.17, 15) is 24.3 Å². The Morgan fingerprint density at radius 1 is 1.21 bits per heavy atom. The standard InChI is InChI=1S/C22H17BrN2O7S/c1-2-31-18(26)11-32-17-7-6-12(9-16(17)23)8-15-19(27)24-22(33)25(20(15)28)14-5-3-4-13(10-14)21(29)30/h3-10H,2,11H2,1H3,(H,29,30)(H,24,27,33).